The lowest BCUT2D eigenvalue weighted by molar-refractivity contribution is -0.117. The first-order valence-electron chi connectivity index (χ1n) is 4.35. The van der Waals surface area contributed by atoms with Crippen molar-refractivity contribution < 1.29 is 9.59 Å². The first kappa shape index (κ1) is 11.1. The molecule has 1 rings (SSSR count). The highest BCUT2D eigenvalue weighted by Crippen LogP contribution is 2.00. The number of nitrogens with two attached hydrogens (primary N) is 2. The van der Waals surface area contributed by atoms with Crippen molar-refractivity contribution in [3.63, 3.8) is 0 Å². The molecule has 5 N–H and O–H groups in total. The molecule has 6 heteroatoms. The number of carbonyl (C=O) groups excluding carboxylic acids is 2. The molecule has 80 valence electrons. The number of hydrogen-bond donors (Lipinski definition) is 3. The van der Waals surface area contributed by atoms with Gasteiger partial charge in [-0.2, -0.15) is 0 Å². The van der Waals surface area contributed by atoms with Gasteiger partial charge in [-0.05, 0) is 12.1 Å². The van der Waals surface area contributed by atoms with Gasteiger partial charge in [0.1, 0.15) is 0 Å². The van der Waals surface area contributed by atoms with Gasteiger partial charge in [0.15, 0.2) is 0 Å². The first-order chi connectivity index (χ1) is 7.13. The van der Waals surface area contributed by atoms with Crippen molar-refractivity contribution >= 4 is 11.8 Å². The normalized spacial score (nSPS) is 9.67. The molecule has 1 aromatic heterocycles. The highest BCUT2D eigenvalue weighted by atomic mass is 16.2. The highest BCUT2D eigenvalue weighted by Gasteiger charge is 2.06. The number of pyridine rings is 1. The molecule has 0 aliphatic carbocycles. The van der Waals surface area contributed by atoms with E-state index < -0.39 is 5.91 Å². The van der Waals surface area contributed by atoms with E-state index in [0.717, 1.165) is 0 Å². The maximum Gasteiger partial charge on any atom is 0.251 e. The topological polar surface area (TPSA) is 111 Å². The van der Waals surface area contributed by atoms with Crippen molar-refractivity contribution in [1.82, 2.24) is 10.3 Å². The van der Waals surface area contributed by atoms with Gasteiger partial charge < -0.3 is 16.8 Å². The minimum atomic E-state index is -0.587. The van der Waals surface area contributed by atoms with Crippen molar-refractivity contribution in [2.24, 2.45) is 11.5 Å². The summed E-state index contributed by atoms with van der Waals surface area (Å²) in [5.41, 5.74) is 11.3. The third-order valence-electron chi connectivity index (χ3n) is 1.71. The van der Waals surface area contributed by atoms with E-state index in [1.54, 1.807) is 6.07 Å². The van der Waals surface area contributed by atoms with Crippen molar-refractivity contribution in [2.45, 2.75) is 6.54 Å². The molecule has 0 atom stereocenters. The SMILES string of the molecule is NCc1cc(C(=O)NCC(N)=O)ccn1. The van der Waals surface area contributed by atoms with Crippen LogP contribution in [0.3, 0.4) is 0 Å². The van der Waals surface area contributed by atoms with Crippen molar-refractivity contribution in [2.75, 3.05) is 6.54 Å². The third kappa shape index (κ3) is 3.35. The van der Waals surface area contributed by atoms with Crippen LogP contribution in [0.25, 0.3) is 0 Å². The van der Waals surface area contributed by atoms with E-state index in [-0.39, 0.29) is 19.0 Å². The number of amides is 2. The van der Waals surface area contributed by atoms with E-state index in [4.69, 9.17) is 11.5 Å². The average molecular weight is 208 g/mol. The molecule has 2 amide bonds. The Labute approximate surface area is 86.7 Å². The zero-order chi connectivity index (χ0) is 11.3. The monoisotopic (exact) mass is 208 g/mol. The van der Waals surface area contributed by atoms with Crippen LogP contribution in [0.2, 0.25) is 0 Å². The lowest BCUT2D eigenvalue weighted by Gasteiger charge is -2.03. The van der Waals surface area contributed by atoms with Crippen LogP contribution in [-0.4, -0.2) is 23.3 Å². The number of nitrogens with one attached hydrogen (secondary N) is 1. The van der Waals surface area contributed by atoms with Crippen LogP contribution in [0.1, 0.15) is 16.1 Å². The molecule has 0 saturated carbocycles. The summed E-state index contributed by atoms with van der Waals surface area (Å²) in [6, 6.07) is 3.10. The van der Waals surface area contributed by atoms with Crippen LogP contribution in [0.4, 0.5) is 0 Å². The fourth-order valence-corrected chi connectivity index (χ4v) is 1.00. The number of hydrogen-bond acceptors (Lipinski definition) is 4. The second kappa shape index (κ2) is 5.06. The lowest BCUT2D eigenvalue weighted by atomic mass is 10.2. The van der Waals surface area contributed by atoms with Crippen LogP contribution in [0.5, 0.6) is 0 Å². The summed E-state index contributed by atoms with van der Waals surface area (Å²) in [7, 11) is 0. The molecule has 15 heavy (non-hydrogen) atoms. The molecule has 0 spiro atoms. The Balaban J connectivity index is 2.69. The van der Waals surface area contributed by atoms with Crippen LogP contribution >= 0.6 is 0 Å². The Hall–Kier alpha value is -1.95. The first-order valence-corrected chi connectivity index (χ1v) is 4.35. The van der Waals surface area contributed by atoms with Gasteiger partial charge >= 0.3 is 0 Å². The Morgan fingerprint density at radius 1 is 1.47 bits per heavy atom. The molecular formula is C9H12N4O2. The van der Waals surface area contributed by atoms with Gasteiger partial charge in [0, 0.05) is 18.3 Å². The predicted molar refractivity (Wildman–Crippen MR) is 53.7 cm³/mol. The standard InChI is InChI=1S/C9H12N4O2/c10-4-7-3-6(1-2-12-7)9(15)13-5-8(11)14/h1-3H,4-5,10H2,(H2,11,14)(H,13,15). The highest BCUT2D eigenvalue weighted by molar-refractivity contribution is 5.96. The van der Waals surface area contributed by atoms with Gasteiger partial charge in [-0.25, -0.2) is 0 Å². The van der Waals surface area contributed by atoms with Gasteiger partial charge in [0.25, 0.3) is 5.91 Å². The predicted octanol–water partition coefficient (Wildman–Crippen LogP) is -1.24. The third-order valence-corrected chi connectivity index (χ3v) is 1.71. The maximum absolute atomic E-state index is 11.4. The molecule has 0 saturated heterocycles. The number of rotatable bonds is 4. The van der Waals surface area contributed by atoms with Crippen LogP contribution in [0.15, 0.2) is 18.3 Å². The molecule has 0 bridgehead atoms. The molecule has 6 nitrogen and oxygen atoms in total. The minimum Gasteiger partial charge on any atom is -0.368 e. The largest absolute Gasteiger partial charge is 0.368 e. The minimum absolute atomic E-state index is 0.181. The zero-order valence-electron chi connectivity index (χ0n) is 8.06. The van der Waals surface area contributed by atoms with Crippen LogP contribution in [0, 0.1) is 0 Å². The second-order valence-electron chi connectivity index (χ2n) is 2.89. The summed E-state index contributed by atoms with van der Waals surface area (Å²) in [6.07, 6.45) is 1.49. The van der Waals surface area contributed by atoms with Gasteiger partial charge in [-0.15, -0.1) is 0 Å². The van der Waals surface area contributed by atoms with E-state index in [1.165, 1.54) is 12.3 Å². The molecule has 0 aromatic carbocycles. The van der Waals surface area contributed by atoms with Gasteiger partial charge in [-0.1, -0.05) is 0 Å². The maximum atomic E-state index is 11.4. The van der Waals surface area contributed by atoms with Crippen LogP contribution < -0.4 is 16.8 Å². The van der Waals surface area contributed by atoms with Crippen molar-refractivity contribution in [1.29, 1.82) is 0 Å². The van der Waals surface area contributed by atoms with Crippen LogP contribution in [-0.2, 0) is 11.3 Å². The average Bonchev–Trinajstić information content (AvgIpc) is 2.26. The van der Waals surface area contributed by atoms with E-state index >= 15 is 0 Å². The number of aromatic nitrogens is 1. The van der Waals surface area contributed by atoms with Gasteiger partial charge in [-0.3, -0.25) is 14.6 Å². The fourth-order valence-electron chi connectivity index (χ4n) is 1.00. The van der Waals surface area contributed by atoms with E-state index in [2.05, 4.69) is 10.3 Å². The second-order valence-corrected chi connectivity index (χ2v) is 2.89. The molecule has 0 fully saturated rings. The van der Waals surface area contributed by atoms with Crippen molar-refractivity contribution in [3.8, 4) is 0 Å². The molecule has 0 aliphatic heterocycles. The summed E-state index contributed by atoms with van der Waals surface area (Å²) in [5, 5.41) is 2.37. The Bertz CT molecular complexity index is 378. The molecule has 0 radical (unpaired) electrons. The fraction of sp³-hybridized carbons (Fsp3) is 0.222. The quantitative estimate of drug-likeness (QED) is 0.574. The number of carbonyl (C=O) groups is 2. The number of nitrogens with zero attached hydrogens (tertiary/aromatic N) is 1. The van der Waals surface area contributed by atoms with E-state index in [9.17, 15) is 9.59 Å². The molecule has 1 heterocycles. The summed E-state index contributed by atoms with van der Waals surface area (Å²) < 4.78 is 0. The van der Waals surface area contributed by atoms with Gasteiger partial charge in [0.2, 0.25) is 5.91 Å². The van der Waals surface area contributed by atoms with E-state index in [1.807, 2.05) is 0 Å². The molecule has 0 aliphatic rings. The van der Waals surface area contributed by atoms with Gasteiger partial charge in [0.05, 0.1) is 12.2 Å². The summed E-state index contributed by atoms with van der Waals surface area (Å²) in [4.78, 5) is 25.8. The smallest absolute Gasteiger partial charge is 0.251 e. The Kier molecular flexibility index (Phi) is 3.75. The lowest BCUT2D eigenvalue weighted by Crippen LogP contribution is -2.33. The number of primary amides is 1. The molecule has 0 unspecified atom stereocenters. The van der Waals surface area contributed by atoms with E-state index in [0.29, 0.717) is 11.3 Å². The Morgan fingerprint density at radius 3 is 2.80 bits per heavy atom. The zero-order valence-corrected chi connectivity index (χ0v) is 8.06. The molecular weight excluding hydrogens is 196 g/mol. The van der Waals surface area contributed by atoms with Crippen molar-refractivity contribution in [3.05, 3.63) is 29.6 Å². The summed E-state index contributed by atoms with van der Waals surface area (Å²) in [5.74, 6) is -0.956. The summed E-state index contributed by atoms with van der Waals surface area (Å²) in [6.45, 7) is 0.0794. The Morgan fingerprint density at radius 2 is 2.20 bits per heavy atom. The molecule has 1 aromatic rings. The summed E-state index contributed by atoms with van der Waals surface area (Å²) >= 11 is 0.